The number of carbonyl (C=O) groups excluding carboxylic acids is 3. The summed E-state index contributed by atoms with van der Waals surface area (Å²) in [6.07, 6.45) is -0.386. The summed E-state index contributed by atoms with van der Waals surface area (Å²) >= 11 is 1.12. The fourth-order valence-electron chi connectivity index (χ4n) is 4.98. The molecule has 0 fully saturated rings. The summed E-state index contributed by atoms with van der Waals surface area (Å²) in [6, 6.07) is 13.9. The van der Waals surface area contributed by atoms with Crippen molar-refractivity contribution in [3.8, 4) is 10.6 Å². The van der Waals surface area contributed by atoms with E-state index in [1.165, 1.54) is 17.2 Å². The minimum Gasteiger partial charge on any atom is -0.422 e. The van der Waals surface area contributed by atoms with Gasteiger partial charge in [0.15, 0.2) is 5.60 Å². The molecule has 39 heavy (non-hydrogen) atoms. The Morgan fingerprint density at radius 2 is 1.85 bits per heavy atom. The lowest BCUT2D eigenvalue weighted by molar-refractivity contribution is -0.141. The smallest absolute Gasteiger partial charge is 0.346 e. The maximum absolute atomic E-state index is 13.2. The second-order valence-electron chi connectivity index (χ2n) is 9.45. The van der Waals surface area contributed by atoms with Crippen LogP contribution in [0.5, 0.6) is 0 Å². The Kier molecular flexibility index (Phi) is 6.92. The number of Topliss-reactive ketones (excluding diaryl/α,β-unsaturated/α-hetero) is 2. The van der Waals surface area contributed by atoms with E-state index in [2.05, 4.69) is 23.7 Å². The Morgan fingerprint density at radius 1 is 1.10 bits per heavy atom. The largest absolute Gasteiger partial charge is 0.422 e. The second-order valence-corrected chi connectivity index (χ2v) is 10.3. The van der Waals surface area contributed by atoms with Crippen molar-refractivity contribution in [3.63, 3.8) is 0 Å². The van der Waals surface area contributed by atoms with Gasteiger partial charge in [0.2, 0.25) is 5.78 Å². The monoisotopic (exact) mass is 545 g/mol. The zero-order valence-corrected chi connectivity index (χ0v) is 22.6. The zero-order valence-electron chi connectivity index (χ0n) is 21.8. The summed E-state index contributed by atoms with van der Waals surface area (Å²) in [5.74, 6) is -1.56. The number of thiazole rings is 1. The van der Waals surface area contributed by atoms with Crippen LogP contribution in [0.15, 0.2) is 63.1 Å². The fourth-order valence-corrected chi connectivity index (χ4v) is 5.81. The van der Waals surface area contributed by atoms with Gasteiger partial charge in [-0.2, -0.15) is 0 Å². The van der Waals surface area contributed by atoms with Crippen molar-refractivity contribution in [2.24, 2.45) is 0 Å². The van der Waals surface area contributed by atoms with Crippen LogP contribution in [0.25, 0.3) is 21.5 Å². The molecule has 1 aliphatic heterocycles. The van der Waals surface area contributed by atoms with Gasteiger partial charge >= 0.3 is 5.63 Å². The van der Waals surface area contributed by atoms with Crippen LogP contribution in [-0.4, -0.2) is 47.2 Å². The average molecular weight is 546 g/mol. The standard InChI is InChI=1S/C29H27N3O6S/c1-4-31(5-2)19-11-10-18-12-20(27(35)38-25(18)13-19)26-30-22(16-39-26)24(34)15-32-23-9-7-6-8-21(23)29(37,28(32)36)14-17(3)33/h6-13,16,37H,4-5,14-15H2,1-3H3. The number of rotatable bonds is 9. The first-order valence-corrected chi connectivity index (χ1v) is 13.5. The van der Waals surface area contributed by atoms with E-state index >= 15 is 0 Å². The molecular formula is C29H27N3O6S. The maximum atomic E-state index is 13.2. The molecule has 0 saturated carbocycles. The van der Waals surface area contributed by atoms with Crippen molar-refractivity contribution in [1.29, 1.82) is 0 Å². The zero-order chi connectivity index (χ0) is 27.9. The summed E-state index contributed by atoms with van der Waals surface area (Å²) in [5.41, 5.74) is -0.191. The lowest BCUT2D eigenvalue weighted by Gasteiger charge is -2.21. The van der Waals surface area contributed by atoms with Crippen molar-refractivity contribution < 1.29 is 23.9 Å². The van der Waals surface area contributed by atoms with E-state index in [4.69, 9.17) is 4.42 Å². The van der Waals surface area contributed by atoms with Gasteiger partial charge in [0.25, 0.3) is 5.91 Å². The normalized spacial score (nSPS) is 16.5. The SMILES string of the molecule is CCN(CC)c1ccc2cc(-c3nc(C(=O)CN4C(=O)C(O)(CC(C)=O)c5ccccc54)cs3)c(=O)oc2c1. The van der Waals surface area contributed by atoms with Crippen molar-refractivity contribution in [2.75, 3.05) is 29.4 Å². The average Bonchev–Trinajstić information content (AvgIpc) is 3.47. The minimum absolute atomic E-state index is 0.0821. The second kappa shape index (κ2) is 10.2. The number of ketones is 2. The third-order valence-electron chi connectivity index (χ3n) is 6.91. The Morgan fingerprint density at radius 3 is 2.56 bits per heavy atom. The first-order valence-electron chi connectivity index (χ1n) is 12.6. The number of carbonyl (C=O) groups is 3. The Balaban J connectivity index is 1.41. The van der Waals surface area contributed by atoms with Gasteiger partial charge < -0.3 is 19.3 Å². The highest BCUT2D eigenvalue weighted by Crippen LogP contribution is 2.42. The molecule has 9 nitrogen and oxygen atoms in total. The number of hydrogen-bond donors (Lipinski definition) is 1. The van der Waals surface area contributed by atoms with Crippen molar-refractivity contribution >= 4 is 51.2 Å². The number of benzene rings is 2. The van der Waals surface area contributed by atoms with E-state index < -0.39 is 22.9 Å². The fraction of sp³-hybridized carbons (Fsp3) is 0.276. The summed E-state index contributed by atoms with van der Waals surface area (Å²) in [7, 11) is 0. The molecule has 1 atom stereocenters. The predicted octanol–water partition coefficient (Wildman–Crippen LogP) is 4.16. The van der Waals surface area contributed by atoms with Crippen LogP contribution in [0.4, 0.5) is 11.4 Å². The number of anilines is 2. The quantitative estimate of drug-likeness (QED) is 0.246. The van der Waals surface area contributed by atoms with E-state index in [1.807, 2.05) is 18.2 Å². The highest BCUT2D eigenvalue weighted by Gasteiger charge is 2.50. The number of nitrogens with zero attached hydrogens (tertiary/aromatic N) is 3. The van der Waals surface area contributed by atoms with Crippen LogP contribution in [0, 0.1) is 0 Å². The first-order chi connectivity index (χ1) is 18.7. The Bertz CT molecular complexity index is 1670. The summed E-state index contributed by atoms with van der Waals surface area (Å²) in [5, 5.41) is 13.7. The van der Waals surface area contributed by atoms with Crippen LogP contribution in [0.2, 0.25) is 0 Å². The number of amides is 1. The third kappa shape index (κ3) is 4.66. The molecule has 1 aliphatic rings. The van der Waals surface area contributed by atoms with Crippen molar-refractivity contribution in [2.45, 2.75) is 32.8 Å². The van der Waals surface area contributed by atoms with Crippen molar-refractivity contribution in [3.05, 3.63) is 75.6 Å². The number of hydrogen-bond acceptors (Lipinski definition) is 9. The molecule has 0 spiro atoms. The third-order valence-corrected chi connectivity index (χ3v) is 7.79. The number of aromatic nitrogens is 1. The molecule has 5 rings (SSSR count). The van der Waals surface area contributed by atoms with Crippen LogP contribution in [0.1, 0.15) is 43.2 Å². The minimum atomic E-state index is -2.02. The molecule has 200 valence electrons. The highest BCUT2D eigenvalue weighted by molar-refractivity contribution is 7.13. The Labute approximate surface area is 228 Å². The van der Waals surface area contributed by atoms with Gasteiger partial charge in [-0.15, -0.1) is 11.3 Å². The number of aliphatic hydroxyl groups is 1. The molecule has 2 aromatic heterocycles. The van der Waals surface area contributed by atoms with Crippen LogP contribution in [0.3, 0.4) is 0 Å². The number of fused-ring (bicyclic) bond motifs is 2. The van der Waals surface area contributed by atoms with E-state index in [1.54, 1.807) is 30.3 Å². The molecule has 1 N–H and O–H groups in total. The van der Waals surface area contributed by atoms with Gasteiger partial charge in [-0.25, -0.2) is 9.78 Å². The molecule has 3 heterocycles. The molecule has 2 aromatic carbocycles. The molecule has 1 unspecified atom stereocenters. The summed E-state index contributed by atoms with van der Waals surface area (Å²) in [4.78, 5) is 58.7. The molecule has 0 saturated heterocycles. The van der Waals surface area contributed by atoms with Gasteiger partial charge in [-0.05, 0) is 45.0 Å². The predicted molar refractivity (Wildman–Crippen MR) is 149 cm³/mol. The van der Waals surface area contributed by atoms with Gasteiger partial charge in [-0.3, -0.25) is 14.4 Å². The molecular weight excluding hydrogens is 518 g/mol. The molecule has 4 aromatic rings. The van der Waals surface area contributed by atoms with Crippen molar-refractivity contribution in [1.82, 2.24) is 4.98 Å². The van der Waals surface area contributed by atoms with Crippen LogP contribution >= 0.6 is 11.3 Å². The van der Waals surface area contributed by atoms with E-state index in [-0.39, 0.29) is 35.6 Å². The molecule has 1 amide bonds. The van der Waals surface area contributed by atoms with Gasteiger partial charge in [0.05, 0.1) is 17.8 Å². The lowest BCUT2D eigenvalue weighted by Crippen LogP contribution is -2.43. The van der Waals surface area contributed by atoms with E-state index in [9.17, 15) is 24.3 Å². The lowest BCUT2D eigenvalue weighted by atomic mass is 9.90. The first kappa shape index (κ1) is 26.5. The Hall–Kier alpha value is -4.15. The van der Waals surface area contributed by atoms with E-state index in [0.29, 0.717) is 16.3 Å². The molecule has 0 bridgehead atoms. The van der Waals surface area contributed by atoms with Gasteiger partial charge in [-0.1, -0.05) is 18.2 Å². The van der Waals surface area contributed by atoms with Gasteiger partial charge in [0.1, 0.15) is 22.1 Å². The molecule has 0 radical (unpaired) electrons. The van der Waals surface area contributed by atoms with E-state index in [0.717, 1.165) is 35.5 Å². The summed E-state index contributed by atoms with van der Waals surface area (Å²) in [6.45, 7) is 6.68. The highest BCUT2D eigenvalue weighted by atomic mass is 32.1. The van der Waals surface area contributed by atoms with Crippen LogP contribution in [-0.2, 0) is 15.2 Å². The maximum Gasteiger partial charge on any atom is 0.346 e. The summed E-state index contributed by atoms with van der Waals surface area (Å²) < 4.78 is 5.60. The van der Waals surface area contributed by atoms with Gasteiger partial charge in [0, 0.05) is 47.6 Å². The molecule has 0 aliphatic carbocycles. The van der Waals surface area contributed by atoms with Crippen LogP contribution < -0.4 is 15.4 Å². The topological polar surface area (TPSA) is 121 Å². The molecule has 10 heteroatoms. The number of para-hydroxylation sites is 1.